The van der Waals surface area contributed by atoms with E-state index in [0.29, 0.717) is 6.54 Å². The molecule has 0 saturated carbocycles. The summed E-state index contributed by atoms with van der Waals surface area (Å²) in [5.41, 5.74) is 1.13. The molecule has 120 valence electrons. The smallest absolute Gasteiger partial charge is 0.119 e. The van der Waals surface area contributed by atoms with Crippen molar-refractivity contribution in [3.8, 4) is 5.75 Å². The number of hydrogen-bond acceptors (Lipinski definition) is 3. The lowest BCUT2D eigenvalue weighted by Gasteiger charge is -2.18. The third-order valence-electron chi connectivity index (χ3n) is 3.22. The van der Waals surface area contributed by atoms with Gasteiger partial charge in [0.25, 0.3) is 0 Å². The first-order chi connectivity index (χ1) is 10.1. The van der Waals surface area contributed by atoms with E-state index in [0.717, 1.165) is 16.3 Å². The number of aliphatic hydroxyl groups is 1. The molecule has 2 aromatic rings. The quantitative estimate of drug-likeness (QED) is 0.803. The van der Waals surface area contributed by atoms with Gasteiger partial charge in [0, 0.05) is 17.6 Å². The highest BCUT2D eigenvalue weighted by Crippen LogP contribution is 2.16. The highest BCUT2D eigenvalue weighted by Gasteiger charge is 2.09. The molecule has 0 radical (unpaired) electrons. The van der Waals surface area contributed by atoms with Crippen LogP contribution in [0.5, 0.6) is 5.75 Å². The molecule has 0 aromatic heterocycles. The number of nitrogens with one attached hydrogen (secondary N) is 1. The van der Waals surface area contributed by atoms with Crippen molar-refractivity contribution in [1.82, 2.24) is 5.32 Å². The van der Waals surface area contributed by atoms with Crippen LogP contribution in [0, 0.1) is 0 Å². The Hall–Kier alpha value is -1.26. The molecule has 2 rings (SSSR count). The lowest BCUT2D eigenvalue weighted by atomic mass is 10.1. The minimum atomic E-state index is -0.556. The summed E-state index contributed by atoms with van der Waals surface area (Å²) >= 11 is 5.87. The molecule has 0 heterocycles. The predicted molar refractivity (Wildman–Crippen MR) is 93.1 cm³/mol. The molecule has 0 spiro atoms. The van der Waals surface area contributed by atoms with E-state index in [-0.39, 0.29) is 25.1 Å². The summed E-state index contributed by atoms with van der Waals surface area (Å²) in [5.74, 6) is 0.766. The zero-order valence-electron chi connectivity index (χ0n) is 12.4. The van der Waals surface area contributed by atoms with Crippen molar-refractivity contribution in [3.63, 3.8) is 0 Å². The lowest BCUT2D eigenvalue weighted by molar-refractivity contribution is 0.104. The van der Waals surface area contributed by atoms with Gasteiger partial charge in [0.15, 0.2) is 0 Å². The first kappa shape index (κ1) is 18.8. The average Bonchev–Trinajstić information content (AvgIpc) is 2.52. The molecule has 0 saturated heterocycles. The highest BCUT2D eigenvalue weighted by atomic mass is 35.5. The third kappa shape index (κ3) is 6.24. The van der Waals surface area contributed by atoms with Crippen LogP contribution in [0.15, 0.2) is 54.6 Å². The van der Waals surface area contributed by atoms with E-state index < -0.39 is 6.10 Å². The Bertz CT molecular complexity index is 534. The van der Waals surface area contributed by atoms with Gasteiger partial charge in [0.2, 0.25) is 0 Å². The molecule has 2 aromatic carbocycles. The largest absolute Gasteiger partial charge is 0.491 e. The molecule has 2 N–H and O–H groups in total. The van der Waals surface area contributed by atoms with Crippen molar-refractivity contribution >= 4 is 24.0 Å². The number of halogens is 2. The fourth-order valence-corrected chi connectivity index (χ4v) is 2.08. The normalized spacial score (nSPS) is 13.0. The summed E-state index contributed by atoms with van der Waals surface area (Å²) in [6.07, 6.45) is -0.556. The van der Waals surface area contributed by atoms with Gasteiger partial charge in [0.1, 0.15) is 18.5 Å². The van der Waals surface area contributed by atoms with Gasteiger partial charge >= 0.3 is 0 Å². The van der Waals surface area contributed by atoms with Crippen molar-refractivity contribution in [1.29, 1.82) is 0 Å². The van der Waals surface area contributed by atoms with Crippen molar-refractivity contribution in [3.05, 3.63) is 65.2 Å². The fraction of sp³-hybridized carbons (Fsp3) is 0.294. The zero-order valence-corrected chi connectivity index (χ0v) is 14.0. The second-order valence-electron chi connectivity index (χ2n) is 4.96. The Morgan fingerprint density at radius 3 is 2.36 bits per heavy atom. The topological polar surface area (TPSA) is 41.5 Å². The lowest BCUT2D eigenvalue weighted by Crippen LogP contribution is -2.33. The molecule has 3 nitrogen and oxygen atoms in total. The molecule has 2 unspecified atom stereocenters. The summed E-state index contributed by atoms with van der Waals surface area (Å²) in [6, 6.07) is 17.3. The maximum atomic E-state index is 9.94. The molecule has 2 atom stereocenters. The maximum Gasteiger partial charge on any atom is 0.119 e. The van der Waals surface area contributed by atoms with Crippen LogP contribution in [0.4, 0.5) is 0 Å². The van der Waals surface area contributed by atoms with Crippen LogP contribution in [0.3, 0.4) is 0 Å². The summed E-state index contributed by atoms with van der Waals surface area (Å²) in [4.78, 5) is 0. The molecule has 0 bridgehead atoms. The Balaban J connectivity index is 0.00000242. The van der Waals surface area contributed by atoms with Gasteiger partial charge in [-0.25, -0.2) is 0 Å². The van der Waals surface area contributed by atoms with Gasteiger partial charge < -0.3 is 15.2 Å². The predicted octanol–water partition coefficient (Wildman–Crippen LogP) is 3.85. The SMILES string of the molecule is CC(NCC(O)COc1ccccc1)c1ccc(Cl)cc1.Cl. The number of para-hydroxylation sites is 1. The third-order valence-corrected chi connectivity index (χ3v) is 3.47. The van der Waals surface area contributed by atoms with E-state index in [2.05, 4.69) is 5.32 Å². The minimum Gasteiger partial charge on any atom is -0.491 e. The van der Waals surface area contributed by atoms with Crippen LogP contribution in [0.1, 0.15) is 18.5 Å². The van der Waals surface area contributed by atoms with Crippen LogP contribution in [-0.4, -0.2) is 24.4 Å². The maximum absolute atomic E-state index is 9.94. The van der Waals surface area contributed by atoms with Crippen LogP contribution in [0.2, 0.25) is 5.02 Å². The van der Waals surface area contributed by atoms with E-state index >= 15 is 0 Å². The summed E-state index contributed by atoms with van der Waals surface area (Å²) in [6.45, 7) is 2.79. The first-order valence-electron chi connectivity index (χ1n) is 7.00. The van der Waals surface area contributed by atoms with Gasteiger partial charge in [-0.2, -0.15) is 0 Å². The Morgan fingerprint density at radius 1 is 1.09 bits per heavy atom. The van der Waals surface area contributed by atoms with Crippen LogP contribution in [0.25, 0.3) is 0 Å². The standard InChI is InChI=1S/C17H20ClNO2.ClH/c1-13(14-7-9-15(18)10-8-14)19-11-16(20)12-21-17-5-3-2-4-6-17;/h2-10,13,16,19-20H,11-12H2,1H3;1H. The van der Waals surface area contributed by atoms with E-state index in [1.165, 1.54) is 0 Å². The van der Waals surface area contributed by atoms with Gasteiger partial charge in [-0.05, 0) is 36.8 Å². The molecule has 0 amide bonds. The molecule has 0 aliphatic carbocycles. The summed E-state index contributed by atoms with van der Waals surface area (Å²) in [7, 11) is 0. The monoisotopic (exact) mass is 341 g/mol. The van der Waals surface area contributed by atoms with Crippen molar-refractivity contribution < 1.29 is 9.84 Å². The van der Waals surface area contributed by atoms with Gasteiger partial charge in [-0.3, -0.25) is 0 Å². The molecule has 0 fully saturated rings. The van der Waals surface area contributed by atoms with E-state index in [1.807, 2.05) is 61.5 Å². The second-order valence-corrected chi connectivity index (χ2v) is 5.40. The number of aliphatic hydroxyl groups excluding tert-OH is 1. The Morgan fingerprint density at radius 2 is 1.73 bits per heavy atom. The fourth-order valence-electron chi connectivity index (χ4n) is 1.95. The number of ether oxygens (including phenoxy) is 1. The van der Waals surface area contributed by atoms with Crippen LogP contribution >= 0.6 is 24.0 Å². The van der Waals surface area contributed by atoms with E-state index in [9.17, 15) is 5.11 Å². The van der Waals surface area contributed by atoms with E-state index in [1.54, 1.807) is 0 Å². The van der Waals surface area contributed by atoms with Crippen molar-refractivity contribution in [2.24, 2.45) is 0 Å². The number of rotatable bonds is 7. The average molecular weight is 342 g/mol. The Labute approximate surface area is 142 Å². The zero-order chi connectivity index (χ0) is 15.1. The molecule has 5 heteroatoms. The molecule has 22 heavy (non-hydrogen) atoms. The second kappa shape index (κ2) is 9.70. The highest BCUT2D eigenvalue weighted by molar-refractivity contribution is 6.30. The van der Waals surface area contributed by atoms with Gasteiger partial charge in [-0.1, -0.05) is 41.9 Å². The molecule has 0 aliphatic rings. The van der Waals surface area contributed by atoms with Crippen LogP contribution < -0.4 is 10.1 Å². The first-order valence-corrected chi connectivity index (χ1v) is 7.37. The van der Waals surface area contributed by atoms with Crippen molar-refractivity contribution in [2.75, 3.05) is 13.2 Å². The number of hydrogen-bond donors (Lipinski definition) is 2. The molecular formula is C17H21Cl2NO2. The Kier molecular flexibility index (Phi) is 8.28. The number of benzene rings is 2. The van der Waals surface area contributed by atoms with Crippen molar-refractivity contribution in [2.45, 2.75) is 19.1 Å². The molecule has 0 aliphatic heterocycles. The van der Waals surface area contributed by atoms with Crippen LogP contribution in [-0.2, 0) is 0 Å². The van der Waals surface area contributed by atoms with Gasteiger partial charge in [0.05, 0.1) is 0 Å². The van der Waals surface area contributed by atoms with E-state index in [4.69, 9.17) is 16.3 Å². The summed E-state index contributed by atoms with van der Waals surface area (Å²) in [5, 5.41) is 13.9. The minimum absolute atomic E-state index is 0. The van der Waals surface area contributed by atoms with Gasteiger partial charge in [-0.15, -0.1) is 12.4 Å². The summed E-state index contributed by atoms with van der Waals surface area (Å²) < 4.78 is 5.51. The molecular weight excluding hydrogens is 321 g/mol.